The lowest BCUT2D eigenvalue weighted by Crippen LogP contribution is -2.54. The van der Waals surface area contributed by atoms with E-state index in [-0.39, 0.29) is 16.5 Å². The van der Waals surface area contributed by atoms with E-state index in [1.807, 2.05) is 0 Å². The summed E-state index contributed by atoms with van der Waals surface area (Å²) >= 11 is 5.72. The largest absolute Gasteiger partial charge is 0.380 e. The van der Waals surface area contributed by atoms with Crippen LogP contribution in [-0.4, -0.2) is 19.8 Å². The average molecular weight is 245 g/mol. The second kappa shape index (κ2) is 4.30. The topological polar surface area (TPSA) is 61.3 Å². The second-order valence-electron chi connectivity index (χ2n) is 4.21. The van der Waals surface area contributed by atoms with Crippen molar-refractivity contribution in [2.75, 3.05) is 19.8 Å². The van der Waals surface area contributed by atoms with Gasteiger partial charge in [-0.1, -0.05) is 17.7 Å². The first-order valence-corrected chi connectivity index (χ1v) is 5.45. The maximum Gasteiger partial charge on any atom is 0.141 e. The van der Waals surface area contributed by atoms with Crippen LogP contribution < -0.4 is 11.5 Å². The fourth-order valence-electron chi connectivity index (χ4n) is 1.85. The van der Waals surface area contributed by atoms with Gasteiger partial charge in [-0.15, -0.1) is 0 Å². The summed E-state index contributed by atoms with van der Waals surface area (Å²) in [7, 11) is 0. The van der Waals surface area contributed by atoms with Crippen LogP contribution in [0.5, 0.6) is 0 Å². The van der Waals surface area contributed by atoms with E-state index in [1.165, 1.54) is 6.07 Å². The van der Waals surface area contributed by atoms with E-state index in [0.29, 0.717) is 19.8 Å². The summed E-state index contributed by atoms with van der Waals surface area (Å²) in [5.74, 6) is -0.440. The second-order valence-corrected chi connectivity index (χ2v) is 4.62. The minimum absolute atomic E-state index is 0.0837. The predicted molar refractivity (Wildman–Crippen MR) is 60.6 cm³/mol. The minimum Gasteiger partial charge on any atom is -0.380 e. The number of hydrogen-bond acceptors (Lipinski definition) is 3. The number of nitrogens with two attached hydrogens (primary N) is 2. The molecule has 16 heavy (non-hydrogen) atoms. The molecule has 1 aromatic rings. The third-order valence-corrected chi connectivity index (χ3v) is 3.44. The van der Waals surface area contributed by atoms with Crippen molar-refractivity contribution < 1.29 is 9.13 Å². The first-order chi connectivity index (χ1) is 7.59. The molecule has 1 aliphatic heterocycles. The highest BCUT2D eigenvalue weighted by Crippen LogP contribution is 2.38. The highest BCUT2D eigenvalue weighted by molar-refractivity contribution is 6.30. The van der Waals surface area contributed by atoms with Crippen molar-refractivity contribution in [1.29, 1.82) is 0 Å². The van der Waals surface area contributed by atoms with Crippen LogP contribution >= 0.6 is 11.6 Å². The van der Waals surface area contributed by atoms with Crippen LogP contribution in [-0.2, 0) is 4.74 Å². The molecule has 2 rings (SSSR count). The summed E-state index contributed by atoms with van der Waals surface area (Å²) in [6.07, 6.45) is 0. The van der Waals surface area contributed by atoms with E-state index in [0.717, 1.165) is 5.56 Å². The Hall–Kier alpha value is -0.680. The lowest BCUT2D eigenvalue weighted by atomic mass is 9.76. The molecule has 4 N–H and O–H groups in total. The maximum atomic E-state index is 13.0. The monoisotopic (exact) mass is 244 g/mol. The van der Waals surface area contributed by atoms with E-state index in [2.05, 4.69) is 0 Å². The number of ether oxygens (including phenoxy) is 1. The summed E-state index contributed by atoms with van der Waals surface area (Å²) in [4.78, 5) is 0. The van der Waals surface area contributed by atoms with Crippen molar-refractivity contribution in [1.82, 2.24) is 0 Å². The summed E-state index contributed by atoms with van der Waals surface area (Å²) in [5.41, 5.74) is 12.4. The van der Waals surface area contributed by atoms with Crippen LogP contribution in [0.3, 0.4) is 0 Å². The molecular weight excluding hydrogens is 231 g/mol. The molecule has 1 heterocycles. The average Bonchev–Trinajstić information content (AvgIpc) is 2.21. The molecule has 0 bridgehead atoms. The van der Waals surface area contributed by atoms with Gasteiger partial charge >= 0.3 is 0 Å². The van der Waals surface area contributed by atoms with Crippen molar-refractivity contribution >= 4 is 11.6 Å². The van der Waals surface area contributed by atoms with Gasteiger partial charge in [0.05, 0.1) is 18.2 Å². The third-order valence-electron chi connectivity index (χ3n) is 3.15. The first-order valence-electron chi connectivity index (χ1n) is 5.07. The highest BCUT2D eigenvalue weighted by Gasteiger charge is 2.43. The van der Waals surface area contributed by atoms with Gasteiger partial charge < -0.3 is 16.2 Å². The molecule has 5 heteroatoms. The molecule has 1 saturated heterocycles. The molecule has 0 spiro atoms. The fraction of sp³-hybridized carbons (Fsp3) is 0.455. The Morgan fingerprint density at radius 3 is 2.62 bits per heavy atom. The molecule has 88 valence electrons. The van der Waals surface area contributed by atoms with Crippen molar-refractivity contribution in [3.63, 3.8) is 0 Å². The standard InChI is InChI=1S/C11H14ClFN2O/c12-8-3-7(1-2-9(8)13)10(15)11(4-14)5-16-6-11/h1-3,10H,4-6,14-15H2. The van der Waals surface area contributed by atoms with Gasteiger partial charge in [-0.05, 0) is 17.7 Å². The van der Waals surface area contributed by atoms with Crippen molar-refractivity contribution in [3.05, 3.63) is 34.6 Å². The molecule has 0 aromatic heterocycles. The predicted octanol–water partition coefficient (Wildman–Crippen LogP) is 1.45. The Balaban J connectivity index is 2.26. The smallest absolute Gasteiger partial charge is 0.141 e. The van der Waals surface area contributed by atoms with E-state index in [1.54, 1.807) is 12.1 Å². The normalized spacial score (nSPS) is 20.2. The summed E-state index contributed by atoms with van der Waals surface area (Å²) in [5, 5.41) is 0.0837. The van der Waals surface area contributed by atoms with E-state index < -0.39 is 5.82 Å². The Morgan fingerprint density at radius 2 is 2.19 bits per heavy atom. The highest BCUT2D eigenvalue weighted by atomic mass is 35.5. The molecule has 0 saturated carbocycles. The molecule has 3 nitrogen and oxygen atoms in total. The zero-order valence-corrected chi connectivity index (χ0v) is 9.51. The number of benzene rings is 1. The van der Waals surface area contributed by atoms with E-state index in [9.17, 15) is 4.39 Å². The molecule has 0 amide bonds. The van der Waals surface area contributed by atoms with Crippen LogP contribution in [0, 0.1) is 11.2 Å². The van der Waals surface area contributed by atoms with Crippen LogP contribution in [0.4, 0.5) is 4.39 Å². The SMILES string of the molecule is NCC1(C(N)c2ccc(F)c(Cl)c2)COC1. The van der Waals surface area contributed by atoms with Crippen molar-refractivity contribution in [2.45, 2.75) is 6.04 Å². The molecule has 1 aliphatic rings. The lowest BCUT2D eigenvalue weighted by Gasteiger charge is -2.45. The quantitative estimate of drug-likeness (QED) is 0.846. The van der Waals surface area contributed by atoms with Crippen LogP contribution in [0.2, 0.25) is 5.02 Å². The third kappa shape index (κ3) is 1.82. The van der Waals surface area contributed by atoms with Gasteiger partial charge in [-0.2, -0.15) is 0 Å². The molecule has 0 radical (unpaired) electrons. The Labute approximate surface area is 98.5 Å². The van der Waals surface area contributed by atoms with Crippen LogP contribution in [0.15, 0.2) is 18.2 Å². The Morgan fingerprint density at radius 1 is 1.50 bits per heavy atom. The Bertz CT molecular complexity index is 390. The molecule has 1 unspecified atom stereocenters. The Kier molecular flexibility index (Phi) is 3.17. The lowest BCUT2D eigenvalue weighted by molar-refractivity contribution is -0.121. The van der Waals surface area contributed by atoms with Gasteiger partial charge in [0, 0.05) is 18.0 Å². The zero-order valence-electron chi connectivity index (χ0n) is 8.75. The van der Waals surface area contributed by atoms with Crippen molar-refractivity contribution in [3.8, 4) is 0 Å². The molecule has 0 aliphatic carbocycles. The number of halogens is 2. The molecular formula is C11H14ClFN2O. The van der Waals surface area contributed by atoms with Gasteiger partial charge in [-0.25, -0.2) is 4.39 Å². The van der Waals surface area contributed by atoms with E-state index in [4.69, 9.17) is 27.8 Å². The molecule has 1 atom stereocenters. The summed E-state index contributed by atoms with van der Waals surface area (Å²) in [6.45, 7) is 1.53. The molecule has 1 fully saturated rings. The van der Waals surface area contributed by atoms with Crippen LogP contribution in [0.1, 0.15) is 11.6 Å². The van der Waals surface area contributed by atoms with E-state index >= 15 is 0 Å². The minimum atomic E-state index is -0.440. The first kappa shape index (κ1) is 11.8. The summed E-state index contributed by atoms with van der Waals surface area (Å²) < 4.78 is 18.2. The number of rotatable bonds is 3. The fourth-order valence-corrected chi connectivity index (χ4v) is 2.04. The maximum absolute atomic E-state index is 13.0. The zero-order chi connectivity index (χ0) is 11.8. The van der Waals surface area contributed by atoms with Gasteiger partial charge in [0.2, 0.25) is 0 Å². The van der Waals surface area contributed by atoms with Crippen molar-refractivity contribution in [2.24, 2.45) is 16.9 Å². The van der Waals surface area contributed by atoms with Gasteiger partial charge in [0.1, 0.15) is 5.82 Å². The van der Waals surface area contributed by atoms with Gasteiger partial charge in [0.15, 0.2) is 0 Å². The number of hydrogen-bond donors (Lipinski definition) is 2. The molecule has 1 aromatic carbocycles. The van der Waals surface area contributed by atoms with Crippen LogP contribution in [0.25, 0.3) is 0 Å². The van der Waals surface area contributed by atoms with Gasteiger partial charge in [-0.3, -0.25) is 0 Å². The van der Waals surface area contributed by atoms with Gasteiger partial charge in [0.25, 0.3) is 0 Å². The summed E-state index contributed by atoms with van der Waals surface area (Å²) in [6, 6.07) is 4.24.